The van der Waals surface area contributed by atoms with Crippen LogP contribution in [-0.4, -0.2) is 18.3 Å². The Bertz CT molecular complexity index is 326. The minimum Gasteiger partial charge on any atom is -0.507 e. The van der Waals surface area contributed by atoms with E-state index in [2.05, 4.69) is 12.3 Å². The van der Waals surface area contributed by atoms with Gasteiger partial charge in [-0.2, -0.15) is 0 Å². The van der Waals surface area contributed by atoms with E-state index < -0.39 is 0 Å². The largest absolute Gasteiger partial charge is 0.507 e. The molecule has 0 unspecified atom stereocenters. The Morgan fingerprint density at radius 3 is 3.00 bits per heavy atom. The molecule has 70 valence electrons. The van der Waals surface area contributed by atoms with Crippen LogP contribution in [0.1, 0.15) is 0 Å². The van der Waals surface area contributed by atoms with E-state index in [1.807, 2.05) is 0 Å². The zero-order chi connectivity index (χ0) is 9.68. The number of ether oxygens (including phenoxy) is 1. The van der Waals surface area contributed by atoms with Crippen LogP contribution in [0.2, 0.25) is 0 Å². The van der Waals surface area contributed by atoms with Crippen molar-refractivity contribution < 1.29 is 9.84 Å². The van der Waals surface area contributed by atoms with Crippen LogP contribution >= 0.6 is 11.3 Å². The van der Waals surface area contributed by atoms with E-state index in [9.17, 15) is 0 Å². The number of hydrogen-bond donors (Lipinski definition) is 2. The van der Waals surface area contributed by atoms with Crippen LogP contribution in [0.3, 0.4) is 0 Å². The van der Waals surface area contributed by atoms with Gasteiger partial charge in [-0.1, -0.05) is 6.58 Å². The minimum absolute atomic E-state index is 0.219. The quantitative estimate of drug-likeness (QED) is 0.719. The monoisotopic (exact) mass is 197 g/mol. The van der Waals surface area contributed by atoms with E-state index in [4.69, 9.17) is 15.6 Å². The highest BCUT2D eigenvalue weighted by atomic mass is 32.1. The van der Waals surface area contributed by atoms with E-state index in [0.717, 1.165) is 5.57 Å². The van der Waals surface area contributed by atoms with Crippen molar-refractivity contribution in [2.75, 3.05) is 13.2 Å². The van der Waals surface area contributed by atoms with Gasteiger partial charge in [-0.3, -0.25) is 0 Å². The van der Waals surface area contributed by atoms with Crippen molar-refractivity contribution >= 4 is 11.3 Å². The van der Waals surface area contributed by atoms with Gasteiger partial charge < -0.3 is 15.6 Å². The summed E-state index contributed by atoms with van der Waals surface area (Å²) in [6.07, 6.45) is 0. The minimum atomic E-state index is 0.219. The summed E-state index contributed by atoms with van der Waals surface area (Å²) in [7, 11) is 0. The molecule has 1 aromatic heterocycles. The normalized spacial score (nSPS) is 9.31. The molecule has 1 aromatic rings. The Balaban J connectivity index is 2.47. The third-order valence-electron chi connectivity index (χ3n) is 1.45. The Hall–Kier alpha value is -1.22. The van der Waals surface area contributed by atoms with Crippen LogP contribution < -0.4 is 10.5 Å². The number of thiophene rings is 1. The maximum Gasteiger partial charge on any atom is 0.178 e. The molecule has 0 saturated carbocycles. The first-order valence-electron chi connectivity index (χ1n) is 3.74. The average molecular weight is 197 g/mol. The first-order chi connectivity index (χ1) is 6.26. The van der Waals surface area contributed by atoms with E-state index in [0.29, 0.717) is 18.2 Å². The molecule has 0 spiro atoms. The third-order valence-corrected chi connectivity index (χ3v) is 2.27. The van der Waals surface area contributed by atoms with Crippen molar-refractivity contribution in [3.63, 3.8) is 0 Å². The highest BCUT2D eigenvalue weighted by Gasteiger charge is 1.99. The van der Waals surface area contributed by atoms with Crippen molar-refractivity contribution in [1.82, 2.24) is 0 Å². The van der Waals surface area contributed by atoms with Crippen molar-refractivity contribution in [3.8, 4) is 10.8 Å². The van der Waals surface area contributed by atoms with Crippen molar-refractivity contribution in [2.45, 2.75) is 0 Å². The summed E-state index contributed by atoms with van der Waals surface area (Å²) in [5.41, 5.74) is 8.89. The van der Waals surface area contributed by atoms with Gasteiger partial charge >= 0.3 is 0 Å². The highest BCUT2D eigenvalue weighted by molar-refractivity contribution is 7.12. The van der Waals surface area contributed by atoms with E-state index in [1.165, 1.54) is 11.3 Å². The molecule has 0 atom stereocenters. The van der Waals surface area contributed by atoms with Gasteiger partial charge in [0.15, 0.2) is 5.06 Å². The molecule has 1 rings (SSSR count). The number of hydrogen-bond acceptors (Lipinski definition) is 4. The summed E-state index contributed by atoms with van der Waals surface area (Å²) < 4.78 is 5.31. The number of nitrogens with two attached hydrogens (primary N) is 1. The number of aromatic hydroxyl groups is 1. The first kappa shape index (κ1) is 9.86. The highest BCUT2D eigenvalue weighted by Crippen LogP contribution is 2.27. The summed E-state index contributed by atoms with van der Waals surface area (Å²) in [6.45, 7) is 4.25. The van der Waals surface area contributed by atoms with Crippen LogP contribution in [0.25, 0.3) is 0 Å². The van der Waals surface area contributed by atoms with Gasteiger partial charge in [0.25, 0.3) is 0 Å². The van der Waals surface area contributed by atoms with Crippen molar-refractivity contribution in [1.29, 1.82) is 0 Å². The third kappa shape index (κ3) is 2.95. The first-order valence-corrected chi connectivity index (χ1v) is 4.62. The van der Waals surface area contributed by atoms with Gasteiger partial charge in [0.1, 0.15) is 12.4 Å². The standard InChI is InChI=1S/C9H11NO2S/c1-2-7(4-10)5-12-9-3-8(11)6-13-9/h3,6,11H,1,4-5,10H2. The zero-order valence-corrected chi connectivity index (χ0v) is 7.93. The SMILES string of the molecule is C=C=C(CN)COc1cc(O)cs1. The molecule has 0 aliphatic carbocycles. The molecule has 0 amide bonds. The van der Waals surface area contributed by atoms with Gasteiger partial charge in [-0.15, -0.1) is 17.1 Å². The van der Waals surface area contributed by atoms with Gasteiger partial charge in [0.05, 0.1) is 0 Å². The second kappa shape index (κ2) is 4.72. The predicted molar refractivity (Wildman–Crippen MR) is 53.2 cm³/mol. The van der Waals surface area contributed by atoms with Crippen LogP contribution in [-0.2, 0) is 0 Å². The lowest BCUT2D eigenvalue weighted by atomic mass is 10.3. The molecule has 0 bridgehead atoms. The smallest absolute Gasteiger partial charge is 0.178 e. The van der Waals surface area contributed by atoms with Gasteiger partial charge in [-0.25, -0.2) is 0 Å². The summed E-state index contributed by atoms with van der Waals surface area (Å²) >= 11 is 1.34. The second-order valence-electron chi connectivity index (χ2n) is 2.40. The Labute approximate surface area is 80.8 Å². The van der Waals surface area contributed by atoms with Crippen LogP contribution in [0.15, 0.2) is 29.3 Å². The molecule has 0 aliphatic heterocycles. The molecule has 4 heteroatoms. The van der Waals surface area contributed by atoms with Crippen LogP contribution in [0.5, 0.6) is 10.8 Å². The van der Waals surface area contributed by atoms with Gasteiger partial charge in [-0.05, 0) is 0 Å². The van der Waals surface area contributed by atoms with Crippen molar-refractivity contribution in [3.05, 3.63) is 29.3 Å². The fourth-order valence-corrected chi connectivity index (χ4v) is 1.34. The molecule has 1 heterocycles. The fourth-order valence-electron chi connectivity index (χ4n) is 0.723. The van der Waals surface area contributed by atoms with E-state index in [-0.39, 0.29) is 5.75 Å². The molecule has 0 saturated heterocycles. The Kier molecular flexibility index (Phi) is 3.58. The van der Waals surface area contributed by atoms with E-state index in [1.54, 1.807) is 11.4 Å². The molecule has 0 aliphatic rings. The molecule has 0 fully saturated rings. The summed E-state index contributed by atoms with van der Waals surface area (Å²) in [4.78, 5) is 0. The zero-order valence-electron chi connectivity index (χ0n) is 7.12. The Morgan fingerprint density at radius 2 is 2.54 bits per heavy atom. The van der Waals surface area contributed by atoms with Gasteiger partial charge in [0.2, 0.25) is 0 Å². The molecule has 0 aromatic carbocycles. The lowest BCUT2D eigenvalue weighted by Gasteiger charge is -2.02. The van der Waals surface area contributed by atoms with Crippen LogP contribution in [0.4, 0.5) is 0 Å². The van der Waals surface area contributed by atoms with Crippen LogP contribution in [0, 0.1) is 0 Å². The summed E-state index contributed by atoms with van der Waals surface area (Å²) in [5.74, 6) is 0.219. The van der Waals surface area contributed by atoms with E-state index >= 15 is 0 Å². The topological polar surface area (TPSA) is 55.5 Å². The maximum atomic E-state index is 9.00. The molecule has 3 nitrogen and oxygen atoms in total. The molecule has 13 heavy (non-hydrogen) atoms. The molecule has 3 N–H and O–H groups in total. The Morgan fingerprint density at radius 1 is 1.77 bits per heavy atom. The fraction of sp³-hybridized carbons (Fsp3) is 0.222. The van der Waals surface area contributed by atoms with Gasteiger partial charge in [0, 0.05) is 23.6 Å². The van der Waals surface area contributed by atoms with Crippen molar-refractivity contribution in [2.24, 2.45) is 5.73 Å². The molecular weight excluding hydrogens is 186 g/mol. The number of rotatable bonds is 4. The predicted octanol–water partition coefficient (Wildman–Crippen LogP) is 1.50. The summed E-state index contributed by atoms with van der Waals surface area (Å²) in [5, 5.41) is 11.3. The summed E-state index contributed by atoms with van der Waals surface area (Å²) in [6, 6.07) is 1.56. The maximum absolute atomic E-state index is 9.00. The second-order valence-corrected chi connectivity index (χ2v) is 3.27. The lowest BCUT2D eigenvalue weighted by Crippen LogP contribution is -2.09. The average Bonchev–Trinajstić information content (AvgIpc) is 2.53. The lowest BCUT2D eigenvalue weighted by molar-refractivity contribution is 0.359. The molecule has 0 radical (unpaired) electrons. The molecular formula is C9H11NO2S.